The summed E-state index contributed by atoms with van der Waals surface area (Å²) in [4.78, 5) is 34.7. The van der Waals surface area contributed by atoms with E-state index in [2.05, 4.69) is 11.9 Å². The number of nitrogens with zero attached hydrogens (tertiary/aromatic N) is 1. The van der Waals surface area contributed by atoms with Crippen molar-refractivity contribution in [1.82, 2.24) is 10.2 Å². The topological polar surface area (TPSA) is 113 Å². The van der Waals surface area contributed by atoms with Crippen molar-refractivity contribution in [1.29, 1.82) is 0 Å². The number of aliphatic carboxylic acids is 1. The zero-order valence-electron chi connectivity index (χ0n) is 10.6. The summed E-state index contributed by atoms with van der Waals surface area (Å²) in [5, 5.41) is 11.1. The van der Waals surface area contributed by atoms with Crippen molar-refractivity contribution in [3.63, 3.8) is 0 Å². The quantitative estimate of drug-likeness (QED) is 0.554. The molecule has 0 aliphatic rings. The van der Waals surface area contributed by atoms with E-state index in [1.54, 1.807) is 13.8 Å². The number of carboxylic acids is 1. The van der Waals surface area contributed by atoms with Crippen molar-refractivity contribution in [3.05, 3.63) is 12.2 Å². The number of hydrogen-bond acceptors (Lipinski definition) is 3. The number of likely N-dealkylation sites (N-methyl/N-ethyl adjacent to an activating group) is 1. The molecule has 18 heavy (non-hydrogen) atoms. The van der Waals surface area contributed by atoms with Gasteiger partial charge in [-0.25, -0.2) is 9.59 Å². The molecule has 0 aliphatic heterocycles. The van der Waals surface area contributed by atoms with Crippen LogP contribution in [-0.2, 0) is 9.59 Å². The van der Waals surface area contributed by atoms with Gasteiger partial charge in [0.15, 0.2) is 0 Å². The molecule has 0 aromatic rings. The lowest BCUT2D eigenvalue weighted by Gasteiger charge is -2.23. The molecule has 0 saturated heterocycles. The third kappa shape index (κ3) is 5.88. The second-order valence-corrected chi connectivity index (χ2v) is 3.98. The summed E-state index contributed by atoms with van der Waals surface area (Å²) in [5.41, 5.74) is 5.69. The summed E-state index contributed by atoms with van der Waals surface area (Å²) in [7, 11) is 0. The van der Waals surface area contributed by atoms with E-state index < -0.39 is 30.4 Å². The van der Waals surface area contributed by atoms with E-state index in [1.165, 1.54) is 4.90 Å². The Morgan fingerprint density at radius 1 is 1.44 bits per heavy atom. The first-order valence-electron chi connectivity index (χ1n) is 5.48. The highest BCUT2D eigenvalue weighted by Crippen LogP contribution is 1.99. The van der Waals surface area contributed by atoms with Gasteiger partial charge in [-0.1, -0.05) is 12.2 Å². The molecule has 7 heteroatoms. The number of carbonyl (C=O) groups excluding carboxylic acids is 2. The van der Waals surface area contributed by atoms with Gasteiger partial charge >= 0.3 is 12.0 Å². The Morgan fingerprint density at radius 2 is 2.00 bits per heavy atom. The van der Waals surface area contributed by atoms with E-state index in [-0.39, 0.29) is 0 Å². The van der Waals surface area contributed by atoms with Crippen LogP contribution < -0.4 is 11.1 Å². The number of nitrogens with one attached hydrogen (secondary N) is 1. The highest BCUT2D eigenvalue weighted by molar-refractivity contribution is 5.87. The fourth-order valence-corrected chi connectivity index (χ4v) is 1.29. The molecule has 0 rings (SSSR count). The Balaban J connectivity index is 4.60. The number of nitrogens with two attached hydrogens (primary N) is 1. The summed E-state index contributed by atoms with van der Waals surface area (Å²) < 4.78 is 0. The van der Waals surface area contributed by atoms with E-state index in [0.29, 0.717) is 13.1 Å². The Bertz CT molecular complexity index is 354. The monoisotopic (exact) mass is 257 g/mol. The highest BCUT2D eigenvalue weighted by Gasteiger charge is 2.24. The molecule has 0 spiro atoms. The van der Waals surface area contributed by atoms with E-state index in [1.807, 2.05) is 0 Å². The molecule has 0 unspecified atom stereocenters. The zero-order valence-corrected chi connectivity index (χ0v) is 10.6. The number of rotatable bonds is 7. The molecule has 0 radical (unpaired) electrons. The van der Waals surface area contributed by atoms with Gasteiger partial charge in [-0.2, -0.15) is 0 Å². The molecule has 0 aromatic heterocycles. The van der Waals surface area contributed by atoms with Crippen LogP contribution in [0, 0.1) is 0 Å². The summed E-state index contributed by atoms with van der Waals surface area (Å²) in [6.45, 7) is 7.92. The third-order valence-corrected chi connectivity index (χ3v) is 2.13. The Labute approximate surface area is 106 Å². The van der Waals surface area contributed by atoms with Crippen molar-refractivity contribution in [2.45, 2.75) is 26.3 Å². The Morgan fingerprint density at radius 3 is 2.33 bits per heavy atom. The van der Waals surface area contributed by atoms with E-state index in [4.69, 9.17) is 10.8 Å². The second-order valence-electron chi connectivity index (χ2n) is 3.98. The summed E-state index contributed by atoms with van der Waals surface area (Å²) in [6, 6.07) is -1.87. The summed E-state index contributed by atoms with van der Waals surface area (Å²) in [5.74, 6) is -2.08. The van der Waals surface area contributed by atoms with Crippen LogP contribution >= 0.6 is 0 Å². The minimum atomic E-state index is -1.31. The molecule has 0 aliphatic carbocycles. The van der Waals surface area contributed by atoms with Gasteiger partial charge in [0.1, 0.15) is 6.04 Å². The number of urea groups is 1. The molecule has 0 heterocycles. The number of primary amides is 1. The van der Waals surface area contributed by atoms with Gasteiger partial charge in [0, 0.05) is 13.1 Å². The van der Waals surface area contributed by atoms with Gasteiger partial charge in [0.05, 0.1) is 6.42 Å². The predicted molar refractivity (Wildman–Crippen MR) is 65.8 cm³/mol. The minimum absolute atomic E-state index is 0.325. The third-order valence-electron chi connectivity index (χ3n) is 2.13. The predicted octanol–water partition coefficient (Wildman–Crippen LogP) is -0.0774. The standard InChI is InChI=1S/C11H19N3O4/c1-4-14(6-7(2)3)11(18)13-8(10(16)17)5-9(12)15/h8H,2,4-6H2,1,3H3,(H2,12,15)(H,13,18)(H,16,17)/t8-/m0/s1. The normalized spacial score (nSPS) is 11.4. The van der Waals surface area contributed by atoms with E-state index in [9.17, 15) is 14.4 Å². The molecular weight excluding hydrogens is 238 g/mol. The van der Waals surface area contributed by atoms with E-state index in [0.717, 1.165) is 5.57 Å². The van der Waals surface area contributed by atoms with Crippen LogP contribution in [0.1, 0.15) is 20.3 Å². The van der Waals surface area contributed by atoms with E-state index >= 15 is 0 Å². The van der Waals surface area contributed by atoms with Crippen molar-refractivity contribution in [3.8, 4) is 0 Å². The molecule has 102 valence electrons. The lowest BCUT2D eigenvalue weighted by Crippen LogP contribution is -2.49. The first kappa shape index (κ1) is 16.0. The average Bonchev–Trinajstić information content (AvgIpc) is 2.23. The maximum absolute atomic E-state index is 11.8. The molecule has 0 bridgehead atoms. The lowest BCUT2D eigenvalue weighted by molar-refractivity contribution is -0.140. The largest absolute Gasteiger partial charge is 0.480 e. The fourth-order valence-electron chi connectivity index (χ4n) is 1.29. The maximum atomic E-state index is 11.8. The molecule has 3 amide bonds. The maximum Gasteiger partial charge on any atom is 0.326 e. The van der Waals surface area contributed by atoms with Crippen LogP contribution in [0.15, 0.2) is 12.2 Å². The number of amides is 3. The number of hydrogen-bond donors (Lipinski definition) is 3. The molecule has 0 saturated carbocycles. The number of carbonyl (C=O) groups is 3. The second kappa shape index (κ2) is 7.31. The molecule has 1 atom stereocenters. The van der Waals surface area contributed by atoms with Crippen molar-refractivity contribution in [2.24, 2.45) is 5.73 Å². The minimum Gasteiger partial charge on any atom is -0.480 e. The Hall–Kier alpha value is -2.05. The van der Waals surface area contributed by atoms with Crippen LogP contribution in [-0.4, -0.2) is 47.0 Å². The zero-order chi connectivity index (χ0) is 14.3. The Kier molecular flexibility index (Phi) is 6.48. The van der Waals surface area contributed by atoms with Gasteiger partial charge in [-0.15, -0.1) is 0 Å². The van der Waals surface area contributed by atoms with Crippen LogP contribution in [0.3, 0.4) is 0 Å². The van der Waals surface area contributed by atoms with Crippen LogP contribution in [0.5, 0.6) is 0 Å². The van der Waals surface area contributed by atoms with Crippen LogP contribution in [0.4, 0.5) is 4.79 Å². The molecule has 4 N–H and O–H groups in total. The van der Waals surface area contributed by atoms with Gasteiger partial charge < -0.3 is 21.1 Å². The van der Waals surface area contributed by atoms with Crippen LogP contribution in [0.25, 0.3) is 0 Å². The van der Waals surface area contributed by atoms with Gasteiger partial charge in [-0.05, 0) is 13.8 Å². The van der Waals surface area contributed by atoms with Gasteiger partial charge in [-0.3, -0.25) is 4.79 Å². The van der Waals surface area contributed by atoms with Crippen molar-refractivity contribution >= 4 is 17.9 Å². The van der Waals surface area contributed by atoms with Crippen LogP contribution in [0.2, 0.25) is 0 Å². The molecule has 0 aromatic carbocycles. The highest BCUT2D eigenvalue weighted by atomic mass is 16.4. The van der Waals surface area contributed by atoms with Crippen molar-refractivity contribution < 1.29 is 19.5 Å². The van der Waals surface area contributed by atoms with Gasteiger partial charge in [0.25, 0.3) is 0 Å². The average molecular weight is 257 g/mol. The smallest absolute Gasteiger partial charge is 0.326 e. The first-order valence-corrected chi connectivity index (χ1v) is 5.48. The van der Waals surface area contributed by atoms with Crippen molar-refractivity contribution in [2.75, 3.05) is 13.1 Å². The molecule has 7 nitrogen and oxygen atoms in total. The molecular formula is C11H19N3O4. The first-order chi connectivity index (χ1) is 8.27. The number of carboxylic acid groups (broad SMARTS) is 1. The summed E-state index contributed by atoms with van der Waals surface area (Å²) in [6.07, 6.45) is -0.439. The SMILES string of the molecule is C=C(C)CN(CC)C(=O)N[C@@H](CC(N)=O)C(=O)O. The van der Waals surface area contributed by atoms with Gasteiger partial charge in [0.2, 0.25) is 5.91 Å². The lowest BCUT2D eigenvalue weighted by atomic mass is 10.2. The summed E-state index contributed by atoms with van der Waals surface area (Å²) >= 11 is 0. The molecule has 0 fully saturated rings. The fraction of sp³-hybridized carbons (Fsp3) is 0.545.